The van der Waals surface area contributed by atoms with E-state index in [-0.39, 0.29) is 0 Å². The number of thiazole rings is 1. The molecule has 0 aliphatic rings. The molecule has 0 N–H and O–H groups in total. The van der Waals surface area contributed by atoms with Crippen LogP contribution in [-0.2, 0) is 7.05 Å². The molecule has 0 spiro atoms. The van der Waals surface area contributed by atoms with Crippen LogP contribution in [0.15, 0.2) is 77.3 Å². The molecule has 0 saturated heterocycles. The molecule has 0 bridgehead atoms. The van der Waals surface area contributed by atoms with Crippen molar-refractivity contribution >= 4 is 56.8 Å². The van der Waals surface area contributed by atoms with Crippen molar-refractivity contribution < 1.29 is 8.98 Å². The topological polar surface area (TPSA) is 29.9 Å². The third kappa shape index (κ3) is 3.39. The number of fused-ring (bicyclic) bond motifs is 4. The van der Waals surface area contributed by atoms with Gasteiger partial charge in [-0.3, -0.25) is 0 Å². The zero-order valence-electron chi connectivity index (χ0n) is 20.1. The van der Waals surface area contributed by atoms with Crippen molar-refractivity contribution in [1.82, 2.24) is 4.98 Å². The van der Waals surface area contributed by atoms with Crippen molar-refractivity contribution in [1.29, 1.82) is 0 Å². The van der Waals surface area contributed by atoms with Crippen molar-refractivity contribution in [2.45, 2.75) is 26.6 Å². The monoisotopic (exact) mass is 479 g/mol. The molecule has 3 nitrogen and oxygen atoms in total. The molecule has 3 aromatic heterocycles. The van der Waals surface area contributed by atoms with E-state index in [1.807, 2.05) is 6.07 Å². The molecule has 0 radical (unpaired) electrons. The first-order valence-electron chi connectivity index (χ1n) is 11.6. The van der Waals surface area contributed by atoms with E-state index in [1.54, 1.807) is 11.3 Å². The average Bonchev–Trinajstić information content (AvgIpc) is 3.38. The first-order valence-corrected chi connectivity index (χ1v) is 15.9. The number of aryl methyl sites for hydroxylation is 2. The summed E-state index contributed by atoms with van der Waals surface area (Å²) in [5.74, 6) is 0. The second kappa shape index (κ2) is 7.62. The van der Waals surface area contributed by atoms with E-state index in [9.17, 15) is 0 Å². The number of hydrogen-bond donors (Lipinski definition) is 0. The van der Waals surface area contributed by atoms with Gasteiger partial charge < -0.3 is 4.42 Å². The maximum absolute atomic E-state index is 6.52. The van der Waals surface area contributed by atoms with Crippen LogP contribution in [0.1, 0.15) is 5.56 Å². The van der Waals surface area contributed by atoms with Crippen LogP contribution < -0.4 is 9.75 Å². The molecule has 6 aromatic rings. The highest BCUT2D eigenvalue weighted by molar-refractivity contribution is 7.21. The van der Waals surface area contributed by atoms with E-state index in [1.165, 1.54) is 16.3 Å². The van der Waals surface area contributed by atoms with E-state index in [0.717, 1.165) is 48.4 Å². The van der Waals surface area contributed by atoms with Gasteiger partial charge in [0, 0.05) is 34.5 Å². The van der Waals surface area contributed by atoms with Gasteiger partial charge in [-0.05, 0) is 24.6 Å². The van der Waals surface area contributed by atoms with Crippen LogP contribution in [0.3, 0.4) is 0 Å². The van der Waals surface area contributed by atoms with E-state index < -0.39 is 8.07 Å². The van der Waals surface area contributed by atoms with Gasteiger partial charge in [0.15, 0.2) is 6.20 Å². The summed E-state index contributed by atoms with van der Waals surface area (Å²) in [4.78, 5) is 5.01. The summed E-state index contributed by atoms with van der Waals surface area (Å²) in [5, 5.41) is 4.78. The van der Waals surface area contributed by atoms with Crippen LogP contribution in [0.5, 0.6) is 0 Å². The third-order valence-electron chi connectivity index (χ3n) is 6.67. The second-order valence-corrected chi connectivity index (χ2v) is 16.2. The summed E-state index contributed by atoms with van der Waals surface area (Å²) in [6.45, 7) is 9.28. The van der Waals surface area contributed by atoms with Crippen molar-refractivity contribution in [2.75, 3.05) is 0 Å². The summed E-state index contributed by atoms with van der Waals surface area (Å²) in [7, 11) is 0.770. The Morgan fingerprint density at radius 1 is 0.912 bits per heavy atom. The molecular formula is C29H27N2OSSi+. The maximum atomic E-state index is 6.52. The van der Waals surface area contributed by atoms with E-state index >= 15 is 0 Å². The molecule has 0 saturated carbocycles. The van der Waals surface area contributed by atoms with Crippen LogP contribution in [-0.4, -0.2) is 13.1 Å². The highest BCUT2D eigenvalue weighted by Gasteiger charge is 2.21. The van der Waals surface area contributed by atoms with Gasteiger partial charge in [-0.2, -0.15) is 0 Å². The molecule has 168 valence electrons. The fourth-order valence-corrected chi connectivity index (χ4v) is 6.84. The average molecular weight is 480 g/mol. The lowest BCUT2D eigenvalue weighted by Gasteiger charge is -2.16. The normalized spacial score (nSPS) is 12.3. The number of hydrogen-bond acceptors (Lipinski definition) is 3. The number of benzene rings is 3. The Hall–Kier alpha value is -3.28. The Kier molecular flexibility index (Phi) is 4.76. The van der Waals surface area contributed by atoms with Crippen molar-refractivity contribution in [3.63, 3.8) is 0 Å². The van der Waals surface area contributed by atoms with Gasteiger partial charge >= 0.3 is 0 Å². The summed E-state index contributed by atoms with van der Waals surface area (Å²) in [6.07, 6.45) is 2.08. The predicted molar refractivity (Wildman–Crippen MR) is 147 cm³/mol. The summed E-state index contributed by atoms with van der Waals surface area (Å²) >= 11 is 1.73. The number of nitrogens with zero attached hydrogens (tertiary/aromatic N) is 2. The molecule has 0 amide bonds. The fourth-order valence-electron chi connectivity index (χ4n) is 4.70. The second-order valence-electron chi connectivity index (χ2n) is 10.1. The Balaban J connectivity index is 1.51. The summed E-state index contributed by atoms with van der Waals surface area (Å²) in [6, 6.07) is 24.0. The van der Waals surface area contributed by atoms with Gasteiger partial charge in [-0.15, -0.1) is 11.3 Å². The van der Waals surface area contributed by atoms with Crippen LogP contribution in [0.25, 0.3) is 54.0 Å². The van der Waals surface area contributed by atoms with E-state index in [4.69, 9.17) is 9.40 Å². The minimum atomic E-state index is -1.31. The lowest BCUT2D eigenvalue weighted by atomic mass is 10.0. The predicted octanol–water partition coefficient (Wildman–Crippen LogP) is 7.21. The molecule has 0 atom stereocenters. The van der Waals surface area contributed by atoms with Crippen molar-refractivity contribution in [2.24, 2.45) is 7.05 Å². The van der Waals surface area contributed by atoms with Gasteiger partial charge in [-0.25, -0.2) is 9.55 Å². The molecule has 0 aliphatic carbocycles. The standard InChI is InChI=1S/C29H27N2OSSi/c1-18-9-14-21-22-16-23-26(33-29(30-23)19-10-12-20(13-11-19)34(3,4)5)17-25(22)32-28(21)27(18)24-8-6-7-15-31(24)2/h6-17H,1-5H3/q+1. The first-order chi connectivity index (χ1) is 16.3. The molecule has 0 fully saturated rings. The van der Waals surface area contributed by atoms with Crippen LogP contribution in [0.2, 0.25) is 19.6 Å². The molecule has 6 rings (SSSR count). The fraction of sp³-hybridized carbons (Fsp3) is 0.172. The largest absolute Gasteiger partial charge is 0.455 e. The van der Waals surface area contributed by atoms with E-state index in [0.29, 0.717) is 0 Å². The van der Waals surface area contributed by atoms with Crippen LogP contribution in [0.4, 0.5) is 0 Å². The SMILES string of the molecule is Cc1ccc2c(oc3cc4sc(-c5ccc([Si](C)(C)C)cc5)nc4cc32)c1-c1cccc[n+]1C. The summed E-state index contributed by atoms with van der Waals surface area (Å²) < 4.78 is 9.82. The minimum Gasteiger partial charge on any atom is -0.455 e. The van der Waals surface area contributed by atoms with Gasteiger partial charge in [0.05, 0.1) is 23.9 Å². The van der Waals surface area contributed by atoms with Gasteiger partial charge in [0.25, 0.3) is 0 Å². The molecule has 34 heavy (non-hydrogen) atoms. The Labute approximate surface area is 204 Å². The molecule has 5 heteroatoms. The zero-order valence-corrected chi connectivity index (χ0v) is 22.0. The van der Waals surface area contributed by atoms with Gasteiger partial charge in [0.2, 0.25) is 5.69 Å². The summed E-state index contributed by atoms with van der Waals surface area (Å²) in [5.41, 5.74) is 7.56. The Bertz CT molecular complexity index is 1700. The molecule has 3 heterocycles. The molecule has 0 unspecified atom stereocenters. The lowest BCUT2D eigenvalue weighted by Crippen LogP contribution is -2.37. The van der Waals surface area contributed by atoms with Crippen molar-refractivity contribution in [3.05, 3.63) is 78.5 Å². The Morgan fingerprint density at radius 3 is 2.44 bits per heavy atom. The first kappa shape index (κ1) is 21.3. The van der Waals surface area contributed by atoms with Crippen LogP contribution >= 0.6 is 11.3 Å². The molecule has 0 aliphatic heterocycles. The van der Waals surface area contributed by atoms with Crippen molar-refractivity contribution in [3.8, 4) is 21.8 Å². The number of furan rings is 1. The highest BCUT2D eigenvalue weighted by atomic mass is 32.1. The number of aromatic nitrogens is 2. The smallest absolute Gasteiger partial charge is 0.216 e. The minimum absolute atomic E-state index is 0.914. The lowest BCUT2D eigenvalue weighted by molar-refractivity contribution is -0.660. The molecular weight excluding hydrogens is 452 g/mol. The highest BCUT2D eigenvalue weighted by Crippen LogP contribution is 2.40. The van der Waals surface area contributed by atoms with Crippen LogP contribution in [0, 0.1) is 6.92 Å². The number of rotatable bonds is 3. The van der Waals surface area contributed by atoms with Gasteiger partial charge in [0.1, 0.15) is 23.2 Å². The number of pyridine rings is 1. The zero-order chi connectivity index (χ0) is 23.6. The third-order valence-corrected chi connectivity index (χ3v) is 9.80. The molecule has 3 aromatic carbocycles. The van der Waals surface area contributed by atoms with E-state index in [2.05, 4.69) is 105 Å². The quantitative estimate of drug-likeness (QED) is 0.198. The maximum Gasteiger partial charge on any atom is 0.216 e. The van der Waals surface area contributed by atoms with Gasteiger partial charge in [-0.1, -0.05) is 61.2 Å². The Morgan fingerprint density at radius 2 is 1.71 bits per heavy atom.